The molecule has 0 aromatic heterocycles. The highest BCUT2D eigenvalue weighted by Crippen LogP contribution is 2.41. The van der Waals surface area contributed by atoms with Gasteiger partial charge in [0, 0.05) is 16.3 Å². The van der Waals surface area contributed by atoms with Crippen molar-refractivity contribution in [2.24, 2.45) is 0 Å². The topological polar surface area (TPSA) is 61.8 Å². The average molecular weight is 346 g/mol. The van der Waals surface area contributed by atoms with Gasteiger partial charge in [-0.3, -0.25) is 0 Å². The fourth-order valence-corrected chi connectivity index (χ4v) is 2.67. The second-order valence-electron chi connectivity index (χ2n) is 5.18. The van der Waals surface area contributed by atoms with E-state index < -0.39 is 12.1 Å². The van der Waals surface area contributed by atoms with Crippen LogP contribution in [0.3, 0.4) is 0 Å². The molecule has 6 heteroatoms. The minimum atomic E-state index is -0.809. The molecule has 24 heavy (non-hydrogen) atoms. The summed E-state index contributed by atoms with van der Waals surface area (Å²) in [7, 11) is 1.24. The summed E-state index contributed by atoms with van der Waals surface area (Å²) in [5.74, 6) is 0.261. The zero-order valence-corrected chi connectivity index (χ0v) is 14.8. The van der Waals surface area contributed by atoms with Crippen molar-refractivity contribution >= 4 is 34.7 Å². The van der Waals surface area contributed by atoms with E-state index in [1.165, 1.54) is 18.9 Å². The number of hydrogen-bond donors (Lipinski definition) is 0. The normalized spacial score (nSPS) is 10.3. The Balaban J connectivity index is 2.69. The van der Waals surface area contributed by atoms with Gasteiger partial charge < -0.3 is 14.2 Å². The largest absolute Gasteiger partial charge is 0.513 e. The molecule has 126 valence electrons. The van der Waals surface area contributed by atoms with Gasteiger partial charge in [-0.15, -0.1) is 11.8 Å². The monoisotopic (exact) mass is 346 g/mol. The zero-order chi connectivity index (χ0) is 17.9. The Hall–Kier alpha value is -2.47. The number of thioether (sulfide) groups is 1. The highest BCUT2D eigenvalue weighted by atomic mass is 32.2. The molecule has 0 aliphatic carbocycles. The van der Waals surface area contributed by atoms with Gasteiger partial charge in [0.1, 0.15) is 5.75 Å². The molecule has 0 radical (unpaired) electrons. The van der Waals surface area contributed by atoms with Gasteiger partial charge in [-0.05, 0) is 32.2 Å². The number of benzene rings is 2. The number of ether oxygens (including phenoxy) is 3. The Morgan fingerprint density at radius 2 is 1.83 bits per heavy atom. The van der Waals surface area contributed by atoms with E-state index >= 15 is 0 Å². The first kappa shape index (κ1) is 17.9. The number of carbonyl (C=O) groups excluding carboxylic acids is 2. The van der Waals surface area contributed by atoms with Crippen molar-refractivity contribution in [1.82, 2.24) is 0 Å². The number of methoxy groups -OCH3 is 1. The number of hydrogen-bond acceptors (Lipinski definition) is 6. The van der Waals surface area contributed by atoms with Gasteiger partial charge in [-0.25, -0.2) is 9.59 Å². The number of esters is 1. The van der Waals surface area contributed by atoms with E-state index in [0.29, 0.717) is 32.7 Å². The molecule has 0 N–H and O–H groups in total. The van der Waals surface area contributed by atoms with E-state index in [1.54, 1.807) is 13.0 Å². The Morgan fingerprint density at radius 3 is 2.42 bits per heavy atom. The predicted octanol–water partition coefficient (Wildman–Crippen LogP) is 4.50. The molecule has 0 aliphatic rings. The van der Waals surface area contributed by atoms with Gasteiger partial charge in [0.15, 0.2) is 5.75 Å². The van der Waals surface area contributed by atoms with E-state index in [0.717, 1.165) is 5.56 Å². The Kier molecular flexibility index (Phi) is 5.51. The molecule has 0 unspecified atom stereocenters. The lowest BCUT2D eigenvalue weighted by atomic mass is 10.1. The summed E-state index contributed by atoms with van der Waals surface area (Å²) in [4.78, 5) is 24.1. The van der Waals surface area contributed by atoms with Crippen LogP contribution in [-0.2, 0) is 9.53 Å². The van der Waals surface area contributed by atoms with Crippen LogP contribution in [-0.4, -0.2) is 25.5 Å². The van der Waals surface area contributed by atoms with E-state index in [9.17, 15) is 9.59 Å². The van der Waals surface area contributed by atoms with Crippen LogP contribution in [0.15, 0.2) is 41.3 Å². The molecule has 0 spiro atoms. The summed E-state index contributed by atoms with van der Waals surface area (Å²) < 4.78 is 15.3. The van der Waals surface area contributed by atoms with Crippen molar-refractivity contribution in [3.05, 3.63) is 42.0 Å². The molecule has 5 nitrogen and oxygen atoms in total. The second kappa shape index (κ2) is 7.40. The van der Waals surface area contributed by atoms with Crippen LogP contribution < -0.4 is 9.47 Å². The van der Waals surface area contributed by atoms with Crippen molar-refractivity contribution in [1.29, 1.82) is 0 Å². The van der Waals surface area contributed by atoms with Gasteiger partial charge in [-0.2, -0.15) is 0 Å². The Labute approximate surface area is 144 Å². The molecule has 0 atom stereocenters. The Bertz CT molecular complexity index is 826. The third-order valence-corrected chi connectivity index (χ3v) is 4.04. The minimum Gasteiger partial charge on any atom is -0.437 e. The minimum absolute atomic E-state index is 0.303. The van der Waals surface area contributed by atoms with Gasteiger partial charge in [0.2, 0.25) is 0 Å². The van der Waals surface area contributed by atoms with Crippen molar-refractivity contribution in [3.8, 4) is 11.5 Å². The number of aryl methyl sites for hydroxylation is 1. The number of rotatable bonds is 4. The van der Waals surface area contributed by atoms with Crippen LogP contribution in [0.4, 0.5) is 4.79 Å². The van der Waals surface area contributed by atoms with E-state index in [4.69, 9.17) is 9.47 Å². The molecular weight excluding hydrogens is 328 g/mol. The fourth-order valence-electron chi connectivity index (χ4n) is 2.11. The van der Waals surface area contributed by atoms with Gasteiger partial charge in [0.25, 0.3) is 0 Å². The molecule has 0 saturated heterocycles. The first-order valence-corrected chi connectivity index (χ1v) is 8.34. The lowest BCUT2D eigenvalue weighted by molar-refractivity contribution is -0.130. The SMILES string of the molecule is C=C(C)C(=O)Oc1c(SC)cc(OC(=O)OC)c2cc(C)ccc12. The van der Waals surface area contributed by atoms with Crippen molar-refractivity contribution in [3.63, 3.8) is 0 Å². The summed E-state index contributed by atoms with van der Waals surface area (Å²) in [6, 6.07) is 7.24. The summed E-state index contributed by atoms with van der Waals surface area (Å²) >= 11 is 1.38. The fraction of sp³-hybridized carbons (Fsp3) is 0.222. The number of fused-ring (bicyclic) bond motifs is 1. The molecule has 0 bridgehead atoms. The molecule has 0 heterocycles. The number of carbonyl (C=O) groups is 2. The molecule has 0 amide bonds. The maximum Gasteiger partial charge on any atom is 0.513 e. The molecule has 0 fully saturated rings. The zero-order valence-electron chi connectivity index (χ0n) is 14.0. The van der Waals surface area contributed by atoms with Crippen molar-refractivity contribution in [2.45, 2.75) is 18.7 Å². The maximum absolute atomic E-state index is 12.0. The van der Waals surface area contributed by atoms with Gasteiger partial charge in [0.05, 0.1) is 12.0 Å². The molecular formula is C18H18O5S. The third-order valence-electron chi connectivity index (χ3n) is 3.29. The smallest absolute Gasteiger partial charge is 0.437 e. The predicted molar refractivity (Wildman–Crippen MR) is 93.9 cm³/mol. The van der Waals surface area contributed by atoms with Crippen molar-refractivity contribution < 1.29 is 23.8 Å². The Morgan fingerprint density at radius 1 is 1.12 bits per heavy atom. The van der Waals surface area contributed by atoms with E-state index in [-0.39, 0.29) is 0 Å². The summed E-state index contributed by atoms with van der Waals surface area (Å²) in [5, 5.41) is 1.32. The lowest BCUT2D eigenvalue weighted by Gasteiger charge is -2.15. The molecule has 2 aromatic rings. The summed E-state index contributed by atoms with van der Waals surface area (Å²) in [6.07, 6.45) is 1.03. The van der Waals surface area contributed by atoms with Crippen LogP contribution in [0.5, 0.6) is 11.5 Å². The molecule has 0 saturated carbocycles. The molecule has 2 aromatic carbocycles. The van der Waals surface area contributed by atoms with Crippen molar-refractivity contribution in [2.75, 3.05) is 13.4 Å². The summed E-state index contributed by atoms with van der Waals surface area (Å²) in [5.41, 5.74) is 1.28. The lowest BCUT2D eigenvalue weighted by Crippen LogP contribution is -2.11. The van der Waals surface area contributed by atoms with Crippen LogP contribution in [0.1, 0.15) is 12.5 Å². The molecule has 2 rings (SSSR count). The first-order chi connectivity index (χ1) is 11.4. The summed E-state index contributed by atoms with van der Waals surface area (Å²) in [6.45, 7) is 7.11. The van der Waals surface area contributed by atoms with Crippen LogP contribution >= 0.6 is 11.8 Å². The average Bonchev–Trinajstić information content (AvgIpc) is 2.56. The third kappa shape index (κ3) is 3.71. The van der Waals surface area contributed by atoms with Crippen LogP contribution in [0, 0.1) is 6.92 Å². The highest BCUT2D eigenvalue weighted by molar-refractivity contribution is 7.98. The van der Waals surface area contributed by atoms with Gasteiger partial charge >= 0.3 is 12.1 Å². The highest BCUT2D eigenvalue weighted by Gasteiger charge is 2.19. The standard InChI is InChI=1S/C18H18O5S/c1-10(2)17(19)23-16-12-7-6-11(3)8-13(12)14(9-15(16)24-5)22-18(20)21-4/h6-9H,1H2,2-5H3. The molecule has 0 aliphatic heterocycles. The van der Waals surface area contributed by atoms with Crippen LogP contribution in [0.25, 0.3) is 10.8 Å². The second-order valence-corrected chi connectivity index (χ2v) is 6.03. The van der Waals surface area contributed by atoms with Gasteiger partial charge in [-0.1, -0.05) is 24.3 Å². The van der Waals surface area contributed by atoms with E-state index in [2.05, 4.69) is 11.3 Å². The first-order valence-electron chi connectivity index (χ1n) is 7.12. The maximum atomic E-state index is 12.0. The quantitative estimate of drug-likeness (QED) is 0.267. The van der Waals surface area contributed by atoms with Crippen LogP contribution in [0.2, 0.25) is 0 Å². The van der Waals surface area contributed by atoms with E-state index in [1.807, 2.05) is 31.4 Å².